The van der Waals surface area contributed by atoms with Crippen molar-refractivity contribution in [2.24, 2.45) is 10.7 Å². The molecule has 3 N–H and O–H groups in total. The Kier molecular flexibility index (Phi) is 5.10. The van der Waals surface area contributed by atoms with E-state index in [1.807, 2.05) is 6.92 Å². The van der Waals surface area contributed by atoms with Crippen molar-refractivity contribution >= 4 is 17.3 Å². The van der Waals surface area contributed by atoms with Gasteiger partial charge in [0.15, 0.2) is 5.96 Å². The largest absolute Gasteiger partial charge is 0.370 e. The molecule has 0 aliphatic rings. The van der Waals surface area contributed by atoms with Crippen LogP contribution in [-0.4, -0.2) is 24.0 Å². The number of rotatable bonds is 5. The predicted molar refractivity (Wildman–Crippen MR) is 65.3 cm³/mol. The van der Waals surface area contributed by atoms with Crippen molar-refractivity contribution in [3.8, 4) is 0 Å². The summed E-state index contributed by atoms with van der Waals surface area (Å²) in [4.78, 5) is 8.51. The van der Waals surface area contributed by atoms with Gasteiger partial charge in [0.25, 0.3) is 0 Å². The van der Waals surface area contributed by atoms with Gasteiger partial charge in [0.1, 0.15) is 0 Å². The van der Waals surface area contributed by atoms with Gasteiger partial charge in [-0.05, 0) is 13.3 Å². The molecule has 0 aliphatic carbocycles. The summed E-state index contributed by atoms with van der Waals surface area (Å²) in [5, 5.41) is 6.27. The van der Waals surface area contributed by atoms with Crippen molar-refractivity contribution in [3.05, 3.63) is 16.1 Å². The molecule has 0 saturated heterocycles. The molecular weight excluding hydrogens is 208 g/mol. The van der Waals surface area contributed by atoms with Crippen LogP contribution in [-0.2, 0) is 6.42 Å². The van der Waals surface area contributed by atoms with E-state index >= 15 is 0 Å². The van der Waals surface area contributed by atoms with Crippen molar-refractivity contribution in [1.29, 1.82) is 0 Å². The van der Waals surface area contributed by atoms with Crippen molar-refractivity contribution in [3.63, 3.8) is 0 Å². The third-order valence-corrected chi connectivity index (χ3v) is 2.84. The highest BCUT2D eigenvalue weighted by atomic mass is 32.1. The first-order valence-electron chi connectivity index (χ1n) is 5.17. The molecule has 1 rings (SSSR count). The van der Waals surface area contributed by atoms with Crippen LogP contribution in [0.15, 0.2) is 10.4 Å². The van der Waals surface area contributed by atoms with Gasteiger partial charge in [-0.3, -0.25) is 4.99 Å². The van der Waals surface area contributed by atoms with Gasteiger partial charge in [-0.1, -0.05) is 6.92 Å². The summed E-state index contributed by atoms with van der Waals surface area (Å²) >= 11 is 1.69. The van der Waals surface area contributed by atoms with Gasteiger partial charge in [-0.15, -0.1) is 11.3 Å². The molecule has 0 spiro atoms. The number of guanidine groups is 1. The van der Waals surface area contributed by atoms with Crippen LogP contribution in [0.3, 0.4) is 0 Å². The lowest BCUT2D eigenvalue weighted by Crippen LogP contribution is -2.33. The second-order valence-electron chi connectivity index (χ2n) is 3.33. The lowest BCUT2D eigenvalue weighted by atomic mass is 10.4. The molecule has 84 valence electrons. The summed E-state index contributed by atoms with van der Waals surface area (Å²) in [7, 11) is 0. The van der Waals surface area contributed by atoms with Crippen LogP contribution >= 0.6 is 11.3 Å². The molecule has 0 aromatic carbocycles. The fourth-order valence-electron chi connectivity index (χ4n) is 1.10. The Morgan fingerprint density at radius 2 is 2.47 bits per heavy atom. The van der Waals surface area contributed by atoms with E-state index in [0.29, 0.717) is 5.96 Å². The monoisotopic (exact) mass is 226 g/mol. The third-order valence-electron chi connectivity index (χ3n) is 1.82. The molecule has 15 heavy (non-hydrogen) atoms. The third kappa shape index (κ3) is 4.78. The quantitative estimate of drug-likeness (QED) is 0.588. The lowest BCUT2D eigenvalue weighted by molar-refractivity contribution is 0.832. The normalized spacial score (nSPS) is 11.7. The SMILES string of the molecule is CCCN=C(N)NCCc1nc(C)cs1. The number of thiazole rings is 1. The van der Waals surface area contributed by atoms with Crippen molar-refractivity contribution < 1.29 is 0 Å². The van der Waals surface area contributed by atoms with Gasteiger partial charge in [-0.2, -0.15) is 0 Å². The van der Waals surface area contributed by atoms with Crippen LogP contribution in [0.2, 0.25) is 0 Å². The zero-order chi connectivity index (χ0) is 11.1. The number of hydrogen-bond donors (Lipinski definition) is 2. The number of nitrogens with one attached hydrogen (secondary N) is 1. The highest BCUT2D eigenvalue weighted by Gasteiger charge is 1.98. The number of hydrogen-bond acceptors (Lipinski definition) is 3. The van der Waals surface area contributed by atoms with E-state index in [4.69, 9.17) is 5.73 Å². The molecular formula is C10H18N4S. The molecule has 0 fully saturated rings. The van der Waals surface area contributed by atoms with Gasteiger partial charge in [0.05, 0.1) is 5.01 Å². The van der Waals surface area contributed by atoms with E-state index in [0.717, 1.165) is 36.6 Å². The minimum absolute atomic E-state index is 0.533. The highest BCUT2D eigenvalue weighted by molar-refractivity contribution is 7.09. The lowest BCUT2D eigenvalue weighted by Gasteiger charge is -2.03. The maximum absolute atomic E-state index is 5.65. The van der Waals surface area contributed by atoms with Gasteiger partial charge >= 0.3 is 0 Å². The standard InChI is InChI=1S/C10H18N4S/c1-3-5-12-10(11)13-6-4-9-14-8(2)7-15-9/h7H,3-6H2,1-2H3,(H3,11,12,13). The summed E-state index contributed by atoms with van der Waals surface area (Å²) in [6.45, 7) is 5.67. The number of aliphatic imine (C=N–C) groups is 1. The molecule has 4 nitrogen and oxygen atoms in total. The minimum atomic E-state index is 0.533. The van der Waals surface area contributed by atoms with E-state index < -0.39 is 0 Å². The maximum Gasteiger partial charge on any atom is 0.188 e. The molecule has 0 radical (unpaired) electrons. The van der Waals surface area contributed by atoms with Gasteiger partial charge < -0.3 is 11.1 Å². The summed E-state index contributed by atoms with van der Waals surface area (Å²) in [6, 6.07) is 0. The second-order valence-corrected chi connectivity index (χ2v) is 4.27. The number of nitrogens with two attached hydrogens (primary N) is 1. The molecule has 0 saturated carbocycles. The number of aromatic nitrogens is 1. The predicted octanol–water partition coefficient (Wildman–Crippen LogP) is 1.31. The molecule has 1 aromatic heterocycles. The average Bonchev–Trinajstić information content (AvgIpc) is 2.61. The van der Waals surface area contributed by atoms with Crippen molar-refractivity contribution in [2.75, 3.05) is 13.1 Å². The Morgan fingerprint density at radius 1 is 1.67 bits per heavy atom. The first kappa shape index (κ1) is 12.0. The van der Waals surface area contributed by atoms with Gasteiger partial charge in [-0.25, -0.2) is 4.98 Å². The van der Waals surface area contributed by atoms with Crippen LogP contribution in [0.5, 0.6) is 0 Å². The minimum Gasteiger partial charge on any atom is -0.370 e. The summed E-state index contributed by atoms with van der Waals surface area (Å²) in [6.07, 6.45) is 1.93. The van der Waals surface area contributed by atoms with Crippen LogP contribution in [0.4, 0.5) is 0 Å². The van der Waals surface area contributed by atoms with Crippen LogP contribution in [0.1, 0.15) is 24.0 Å². The Hall–Kier alpha value is -1.10. The molecule has 5 heteroatoms. The molecule has 0 aliphatic heterocycles. The summed E-state index contributed by atoms with van der Waals surface area (Å²) in [5.41, 5.74) is 6.74. The first-order valence-corrected chi connectivity index (χ1v) is 6.05. The van der Waals surface area contributed by atoms with E-state index in [1.54, 1.807) is 11.3 Å². The molecule has 1 heterocycles. The molecule has 0 atom stereocenters. The summed E-state index contributed by atoms with van der Waals surface area (Å²) in [5.74, 6) is 0.533. The van der Waals surface area contributed by atoms with Crippen LogP contribution < -0.4 is 11.1 Å². The van der Waals surface area contributed by atoms with Gasteiger partial charge in [0.2, 0.25) is 0 Å². The molecule has 0 bridgehead atoms. The van der Waals surface area contributed by atoms with E-state index in [2.05, 4.69) is 27.6 Å². The second kappa shape index (κ2) is 6.40. The molecule has 0 amide bonds. The van der Waals surface area contributed by atoms with E-state index in [9.17, 15) is 0 Å². The number of nitrogens with zero attached hydrogens (tertiary/aromatic N) is 2. The van der Waals surface area contributed by atoms with Gasteiger partial charge in [0, 0.05) is 30.6 Å². The maximum atomic E-state index is 5.65. The topological polar surface area (TPSA) is 63.3 Å². The highest BCUT2D eigenvalue weighted by Crippen LogP contribution is 2.08. The fourth-order valence-corrected chi connectivity index (χ4v) is 1.88. The molecule has 0 unspecified atom stereocenters. The zero-order valence-electron chi connectivity index (χ0n) is 9.29. The molecule has 1 aromatic rings. The Bertz CT molecular complexity index is 319. The average molecular weight is 226 g/mol. The number of aryl methyl sites for hydroxylation is 1. The van der Waals surface area contributed by atoms with Crippen molar-refractivity contribution in [1.82, 2.24) is 10.3 Å². The van der Waals surface area contributed by atoms with Crippen LogP contribution in [0, 0.1) is 6.92 Å². The Balaban J connectivity index is 2.21. The first-order chi connectivity index (χ1) is 7.22. The smallest absolute Gasteiger partial charge is 0.188 e. The van der Waals surface area contributed by atoms with Crippen LogP contribution in [0.25, 0.3) is 0 Å². The Labute approximate surface area is 94.6 Å². The zero-order valence-corrected chi connectivity index (χ0v) is 10.1. The Morgan fingerprint density at radius 3 is 3.07 bits per heavy atom. The van der Waals surface area contributed by atoms with Crippen molar-refractivity contribution in [2.45, 2.75) is 26.7 Å². The summed E-state index contributed by atoms with van der Waals surface area (Å²) < 4.78 is 0. The fraction of sp³-hybridized carbons (Fsp3) is 0.600. The van der Waals surface area contributed by atoms with E-state index in [-0.39, 0.29) is 0 Å². The van der Waals surface area contributed by atoms with E-state index in [1.165, 1.54) is 0 Å².